The van der Waals surface area contributed by atoms with E-state index in [9.17, 15) is 4.79 Å². The molecule has 4 aromatic carbocycles. The Labute approximate surface area is 265 Å². The topological polar surface area (TPSA) is 56.6 Å². The van der Waals surface area contributed by atoms with Gasteiger partial charge in [0.1, 0.15) is 5.75 Å². The lowest BCUT2D eigenvalue weighted by Crippen LogP contribution is -2.51. The molecular weight excluding hydrogens is 566 g/mol. The molecule has 1 saturated heterocycles. The van der Waals surface area contributed by atoms with Crippen LogP contribution in [0.5, 0.6) is 5.75 Å². The van der Waals surface area contributed by atoms with Crippen molar-refractivity contribution in [2.75, 3.05) is 31.1 Å². The summed E-state index contributed by atoms with van der Waals surface area (Å²) in [6.07, 6.45) is 3.46. The zero-order valence-electron chi connectivity index (χ0n) is 25.2. The molecule has 224 valence electrons. The van der Waals surface area contributed by atoms with E-state index in [1.165, 1.54) is 5.56 Å². The molecule has 1 atom stereocenters. The average molecular weight is 604 g/mol. The number of nitriles is 1. The highest BCUT2D eigenvalue weighted by molar-refractivity contribution is 6.30. The van der Waals surface area contributed by atoms with Crippen LogP contribution >= 0.6 is 11.6 Å². The smallest absolute Gasteiger partial charge is 0.238 e. The lowest BCUT2D eigenvalue weighted by Gasteiger charge is -2.42. The van der Waals surface area contributed by atoms with E-state index in [0.29, 0.717) is 30.2 Å². The summed E-state index contributed by atoms with van der Waals surface area (Å²) in [5.74, 6) is 1.21. The summed E-state index contributed by atoms with van der Waals surface area (Å²) in [5.41, 5.74) is 5.61. The van der Waals surface area contributed by atoms with E-state index in [1.807, 2.05) is 41.3 Å². The number of fused-ring (bicyclic) bond motifs is 1. The fourth-order valence-corrected chi connectivity index (χ4v) is 7.35. The van der Waals surface area contributed by atoms with Gasteiger partial charge in [-0.1, -0.05) is 71.8 Å². The average Bonchev–Trinajstić information content (AvgIpc) is 3.27. The minimum Gasteiger partial charge on any atom is -0.494 e. The third-order valence-electron chi connectivity index (χ3n) is 9.25. The van der Waals surface area contributed by atoms with Crippen LogP contribution in [0.4, 0.5) is 5.69 Å². The highest BCUT2D eigenvalue weighted by Crippen LogP contribution is 2.51. The molecule has 6 heteroatoms. The van der Waals surface area contributed by atoms with Crippen LogP contribution in [0.15, 0.2) is 97.1 Å². The van der Waals surface area contributed by atoms with E-state index < -0.39 is 5.41 Å². The standard InChI is InChI=1S/C38H38ClN3O2/c1-28-7-4-9-31(23-28)27-42-36-12-3-2-11-35(36)38(37(42)43,25-30-8-5-10-33(39)24-30)32-17-20-41(21-18-32)19-6-22-44-34-15-13-29(26-40)14-16-34/h2-5,7-16,23-24,32H,6,17-22,25,27H2,1H3. The van der Waals surface area contributed by atoms with Gasteiger partial charge in [-0.3, -0.25) is 4.79 Å². The Balaban J connectivity index is 1.20. The van der Waals surface area contributed by atoms with E-state index in [-0.39, 0.29) is 11.8 Å². The summed E-state index contributed by atoms with van der Waals surface area (Å²) in [6.45, 7) is 6.14. The molecular formula is C38H38ClN3O2. The molecule has 2 heterocycles. The Morgan fingerprint density at radius 3 is 2.43 bits per heavy atom. The SMILES string of the molecule is Cc1cccc(CN2C(=O)C(Cc3cccc(Cl)c3)(C3CCN(CCCOc4ccc(C#N)cc4)CC3)c3ccccc32)c1. The fraction of sp³-hybridized carbons (Fsp3) is 0.316. The number of benzene rings is 4. The lowest BCUT2D eigenvalue weighted by atomic mass is 9.64. The maximum atomic E-state index is 14.9. The van der Waals surface area contributed by atoms with Gasteiger partial charge in [-0.2, -0.15) is 5.26 Å². The van der Waals surface area contributed by atoms with Gasteiger partial charge in [0.2, 0.25) is 5.91 Å². The maximum Gasteiger partial charge on any atom is 0.238 e. The van der Waals surface area contributed by atoms with Gasteiger partial charge in [-0.15, -0.1) is 0 Å². The number of likely N-dealkylation sites (tertiary alicyclic amines) is 1. The molecule has 5 nitrogen and oxygen atoms in total. The number of anilines is 1. The van der Waals surface area contributed by atoms with Crippen LogP contribution in [0, 0.1) is 24.2 Å². The number of ether oxygens (including phenoxy) is 1. The van der Waals surface area contributed by atoms with E-state index >= 15 is 0 Å². The summed E-state index contributed by atoms with van der Waals surface area (Å²) in [6, 6.07) is 34.3. The summed E-state index contributed by atoms with van der Waals surface area (Å²) < 4.78 is 5.92. The first-order valence-corrected chi connectivity index (χ1v) is 15.9. The van der Waals surface area contributed by atoms with Crippen molar-refractivity contribution >= 4 is 23.2 Å². The number of carbonyl (C=O) groups excluding carboxylic acids is 1. The number of aryl methyl sites for hydroxylation is 1. The minimum atomic E-state index is -0.643. The number of halogens is 1. The van der Waals surface area contributed by atoms with Crippen LogP contribution in [0.1, 0.15) is 47.1 Å². The number of piperidine rings is 1. The van der Waals surface area contributed by atoms with Gasteiger partial charge in [0.15, 0.2) is 0 Å². The number of hydrogen-bond donors (Lipinski definition) is 0. The van der Waals surface area contributed by atoms with Gasteiger partial charge in [0.05, 0.1) is 30.2 Å². The fourth-order valence-electron chi connectivity index (χ4n) is 7.13. The highest BCUT2D eigenvalue weighted by Gasteiger charge is 2.55. The van der Waals surface area contributed by atoms with Gasteiger partial charge < -0.3 is 14.5 Å². The van der Waals surface area contributed by atoms with Crippen LogP contribution in [0.2, 0.25) is 5.02 Å². The molecule has 2 aliphatic rings. The van der Waals surface area contributed by atoms with E-state index in [0.717, 1.165) is 67.0 Å². The van der Waals surface area contributed by atoms with Crippen molar-refractivity contribution < 1.29 is 9.53 Å². The second-order valence-corrected chi connectivity index (χ2v) is 12.6. The number of carbonyl (C=O) groups is 1. The molecule has 0 saturated carbocycles. The zero-order chi connectivity index (χ0) is 30.5. The van der Waals surface area contributed by atoms with E-state index in [1.54, 1.807) is 12.1 Å². The molecule has 1 amide bonds. The van der Waals surface area contributed by atoms with Gasteiger partial charge in [0, 0.05) is 17.3 Å². The molecule has 0 radical (unpaired) electrons. The number of amides is 1. The monoisotopic (exact) mass is 603 g/mol. The minimum absolute atomic E-state index is 0.203. The van der Waals surface area contributed by atoms with Gasteiger partial charge >= 0.3 is 0 Å². The first-order valence-electron chi connectivity index (χ1n) is 15.5. The van der Waals surface area contributed by atoms with E-state index in [4.69, 9.17) is 21.6 Å². The molecule has 4 aromatic rings. The molecule has 0 bridgehead atoms. The normalized spacial score (nSPS) is 18.7. The Morgan fingerprint density at radius 2 is 1.68 bits per heavy atom. The maximum absolute atomic E-state index is 14.9. The Bertz CT molecular complexity index is 1660. The van der Waals surface area contributed by atoms with Crippen LogP contribution < -0.4 is 9.64 Å². The van der Waals surface area contributed by atoms with Crippen molar-refractivity contribution in [2.45, 2.75) is 44.6 Å². The molecule has 0 aliphatic carbocycles. The molecule has 0 N–H and O–H groups in total. The van der Waals surface area contributed by atoms with Crippen molar-refractivity contribution in [3.63, 3.8) is 0 Å². The molecule has 2 aliphatic heterocycles. The third kappa shape index (κ3) is 6.24. The second kappa shape index (κ2) is 13.3. The number of rotatable bonds is 10. The summed E-state index contributed by atoms with van der Waals surface area (Å²) in [4.78, 5) is 19.4. The van der Waals surface area contributed by atoms with E-state index in [2.05, 4.69) is 66.4 Å². The molecule has 1 unspecified atom stereocenters. The van der Waals surface area contributed by atoms with Gasteiger partial charge in [-0.05, 0) is 111 Å². The predicted octanol–water partition coefficient (Wildman–Crippen LogP) is 7.73. The highest BCUT2D eigenvalue weighted by atomic mass is 35.5. The largest absolute Gasteiger partial charge is 0.494 e. The van der Waals surface area contributed by atoms with Crippen molar-refractivity contribution in [1.29, 1.82) is 5.26 Å². The second-order valence-electron chi connectivity index (χ2n) is 12.1. The van der Waals surface area contributed by atoms with Crippen LogP contribution in [-0.2, 0) is 23.2 Å². The quantitative estimate of drug-likeness (QED) is 0.174. The molecule has 0 spiro atoms. The van der Waals surface area contributed by atoms with Crippen LogP contribution in [0.3, 0.4) is 0 Å². The molecule has 0 aromatic heterocycles. The van der Waals surface area contributed by atoms with Crippen molar-refractivity contribution in [3.05, 3.63) is 130 Å². The van der Waals surface area contributed by atoms with Crippen molar-refractivity contribution in [2.24, 2.45) is 5.92 Å². The number of nitrogens with zero attached hydrogens (tertiary/aromatic N) is 3. The molecule has 1 fully saturated rings. The summed E-state index contributed by atoms with van der Waals surface area (Å²) in [5, 5.41) is 9.70. The van der Waals surface area contributed by atoms with Gasteiger partial charge in [-0.25, -0.2) is 0 Å². The van der Waals surface area contributed by atoms with Crippen molar-refractivity contribution in [1.82, 2.24) is 4.90 Å². The lowest BCUT2D eigenvalue weighted by molar-refractivity contribution is -0.126. The first kappa shape index (κ1) is 29.9. The van der Waals surface area contributed by atoms with Crippen LogP contribution in [-0.4, -0.2) is 37.0 Å². The molecule has 44 heavy (non-hydrogen) atoms. The predicted molar refractivity (Wildman–Crippen MR) is 176 cm³/mol. The summed E-state index contributed by atoms with van der Waals surface area (Å²) in [7, 11) is 0. The Kier molecular flexibility index (Phi) is 9.02. The third-order valence-corrected chi connectivity index (χ3v) is 9.49. The molecule has 6 rings (SSSR count). The Morgan fingerprint density at radius 1 is 0.932 bits per heavy atom. The first-order chi connectivity index (χ1) is 21.5. The number of para-hydroxylation sites is 1. The summed E-state index contributed by atoms with van der Waals surface area (Å²) >= 11 is 6.46. The Hall–Kier alpha value is -4.11. The van der Waals surface area contributed by atoms with Gasteiger partial charge in [0.25, 0.3) is 0 Å². The number of hydrogen-bond acceptors (Lipinski definition) is 4. The van der Waals surface area contributed by atoms with Crippen LogP contribution in [0.25, 0.3) is 0 Å². The van der Waals surface area contributed by atoms with Crippen molar-refractivity contribution in [3.8, 4) is 11.8 Å². The zero-order valence-corrected chi connectivity index (χ0v) is 26.0.